The molecule has 0 heterocycles. The highest BCUT2D eigenvalue weighted by atomic mass is 16.1. The minimum absolute atomic E-state index is 0.0858. The maximum atomic E-state index is 12.3. The zero-order valence-electron chi connectivity index (χ0n) is 10.2. The van der Waals surface area contributed by atoms with Crippen molar-refractivity contribution in [2.75, 3.05) is 0 Å². The highest BCUT2D eigenvalue weighted by molar-refractivity contribution is 6.00. The Balaban J connectivity index is 2.27. The van der Waals surface area contributed by atoms with Crippen LogP contribution in [0.25, 0.3) is 0 Å². The van der Waals surface area contributed by atoms with E-state index < -0.39 is 0 Å². The molecule has 1 atom stereocenters. The molecular weight excluding hydrogens is 208 g/mol. The van der Waals surface area contributed by atoms with Gasteiger partial charge in [0.05, 0.1) is 0 Å². The molecule has 86 valence electrons. The van der Waals surface area contributed by atoms with Gasteiger partial charge in [0.15, 0.2) is 5.78 Å². The lowest BCUT2D eigenvalue weighted by Crippen LogP contribution is -2.09. The molecule has 0 amide bonds. The summed E-state index contributed by atoms with van der Waals surface area (Å²) in [6.07, 6.45) is 0. The first-order chi connectivity index (χ1) is 8.18. The van der Waals surface area contributed by atoms with Gasteiger partial charge in [0.1, 0.15) is 0 Å². The van der Waals surface area contributed by atoms with E-state index >= 15 is 0 Å². The number of carbonyl (C=O) groups excluding carboxylic acids is 1. The molecule has 0 radical (unpaired) electrons. The van der Waals surface area contributed by atoms with E-state index in [0.29, 0.717) is 0 Å². The van der Waals surface area contributed by atoms with Gasteiger partial charge >= 0.3 is 0 Å². The summed E-state index contributed by atoms with van der Waals surface area (Å²) in [6, 6.07) is 17.6. The second-order valence-electron chi connectivity index (χ2n) is 4.37. The van der Waals surface area contributed by atoms with Crippen molar-refractivity contribution in [1.29, 1.82) is 0 Å². The predicted octanol–water partition coefficient (Wildman–Crippen LogP) is 3.98. The molecule has 0 aliphatic rings. The maximum absolute atomic E-state index is 12.3. The second kappa shape index (κ2) is 4.96. The highest BCUT2D eigenvalue weighted by Crippen LogP contribution is 2.21. The van der Waals surface area contributed by atoms with Crippen LogP contribution in [0, 0.1) is 6.92 Å². The summed E-state index contributed by atoms with van der Waals surface area (Å²) < 4.78 is 0. The molecule has 0 saturated carbocycles. The van der Waals surface area contributed by atoms with Crippen LogP contribution in [-0.2, 0) is 0 Å². The molecule has 0 spiro atoms. The summed E-state index contributed by atoms with van der Waals surface area (Å²) in [5.74, 6) is 0.0912. The van der Waals surface area contributed by atoms with Crippen LogP contribution in [0.4, 0.5) is 0 Å². The number of aryl methyl sites for hydroxylation is 1. The molecule has 0 aliphatic carbocycles. The molecular formula is C16H16O. The van der Waals surface area contributed by atoms with Crippen LogP contribution >= 0.6 is 0 Å². The van der Waals surface area contributed by atoms with Gasteiger partial charge < -0.3 is 0 Å². The van der Waals surface area contributed by atoms with Crippen LogP contribution in [0.1, 0.15) is 34.3 Å². The van der Waals surface area contributed by atoms with Crippen molar-refractivity contribution in [3.63, 3.8) is 0 Å². The van der Waals surface area contributed by atoms with Gasteiger partial charge in [-0.1, -0.05) is 67.1 Å². The van der Waals surface area contributed by atoms with Crippen molar-refractivity contribution >= 4 is 5.78 Å². The number of carbonyl (C=O) groups is 1. The molecule has 1 heteroatoms. The zero-order valence-corrected chi connectivity index (χ0v) is 10.2. The van der Waals surface area contributed by atoms with Crippen molar-refractivity contribution in [2.24, 2.45) is 0 Å². The number of Topliss-reactive ketones (excluding diaryl/α,β-unsaturated/α-hetero) is 1. The molecule has 2 aromatic rings. The van der Waals surface area contributed by atoms with Crippen molar-refractivity contribution in [1.82, 2.24) is 0 Å². The Hall–Kier alpha value is -1.89. The Morgan fingerprint density at radius 2 is 1.71 bits per heavy atom. The summed E-state index contributed by atoms with van der Waals surface area (Å²) in [4.78, 5) is 12.3. The Bertz CT molecular complexity index is 514. The molecule has 2 aromatic carbocycles. The summed E-state index contributed by atoms with van der Waals surface area (Å²) in [7, 11) is 0. The van der Waals surface area contributed by atoms with Crippen LogP contribution in [0.15, 0.2) is 54.6 Å². The van der Waals surface area contributed by atoms with Gasteiger partial charge in [-0.3, -0.25) is 4.79 Å². The van der Waals surface area contributed by atoms with Gasteiger partial charge in [0, 0.05) is 11.5 Å². The van der Waals surface area contributed by atoms with Crippen LogP contribution in [-0.4, -0.2) is 5.78 Å². The molecule has 0 unspecified atom stereocenters. The lowest BCUT2D eigenvalue weighted by atomic mass is 9.91. The summed E-state index contributed by atoms with van der Waals surface area (Å²) in [5.41, 5.74) is 3.05. The fourth-order valence-electron chi connectivity index (χ4n) is 1.94. The Morgan fingerprint density at radius 3 is 2.35 bits per heavy atom. The average Bonchev–Trinajstić information content (AvgIpc) is 2.38. The van der Waals surface area contributed by atoms with E-state index in [1.165, 1.54) is 5.56 Å². The van der Waals surface area contributed by atoms with Crippen molar-refractivity contribution in [3.8, 4) is 0 Å². The maximum Gasteiger partial charge on any atom is 0.170 e. The third-order valence-corrected chi connectivity index (χ3v) is 2.99. The Kier molecular flexibility index (Phi) is 3.38. The molecule has 0 bridgehead atoms. The predicted molar refractivity (Wildman–Crippen MR) is 70.4 cm³/mol. The Labute approximate surface area is 102 Å². The minimum atomic E-state index is -0.0858. The fourth-order valence-corrected chi connectivity index (χ4v) is 1.94. The molecule has 0 aliphatic heterocycles. The molecule has 17 heavy (non-hydrogen) atoms. The van der Waals surface area contributed by atoms with E-state index in [1.807, 2.05) is 62.4 Å². The first-order valence-corrected chi connectivity index (χ1v) is 5.84. The topological polar surface area (TPSA) is 17.1 Å². The number of hydrogen-bond acceptors (Lipinski definition) is 1. The second-order valence-corrected chi connectivity index (χ2v) is 4.37. The molecule has 1 nitrogen and oxygen atoms in total. The van der Waals surface area contributed by atoms with E-state index in [-0.39, 0.29) is 11.7 Å². The number of benzene rings is 2. The summed E-state index contributed by atoms with van der Waals surface area (Å²) in [6.45, 7) is 4.01. The highest BCUT2D eigenvalue weighted by Gasteiger charge is 2.16. The third kappa shape index (κ3) is 2.62. The van der Waals surface area contributed by atoms with Gasteiger partial charge in [0.25, 0.3) is 0 Å². The first kappa shape index (κ1) is 11.6. The Morgan fingerprint density at radius 1 is 1.00 bits per heavy atom. The quantitative estimate of drug-likeness (QED) is 0.721. The van der Waals surface area contributed by atoms with Gasteiger partial charge in [-0.25, -0.2) is 0 Å². The minimum Gasteiger partial charge on any atom is -0.294 e. The largest absolute Gasteiger partial charge is 0.294 e. The number of ketones is 1. The van der Waals surface area contributed by atoms with Crippen LogP contribution in [0.3, 0.4) is 0 Å². The number of hydrogen-bond donors (Lipinski definition) is 0. The summed E-state index contributed by atoms with van der Waals surface area (Å²) in [5, 5.41) is 0. The monoisotopic (exact) mass is 224 g/mol. The van der Waals surface area contributed by atoms with Gasteiger partial charge in [0.2, 0.25) is 0 Å². The van der Waals surface area contributed by atoms with E-state index in [4.69, 9.17) is 0 Å². The molecule has 0 fully saturated rings. The van der Waals surface area contributed by atoms with Crippen LogP contribution < -0.4 is 0 Å². The fraction of sp³-hybridized carbons (Fsp3) is 0.188. The van der Waals surface area contributed by atoms with E-state index in [2.05, 4.69) is 6.07 Å². The lowest BCUT2D eigenvalue weighted by Gasteiger charge is -2.11. The lowest BCUT2D eigenvalue weighted by molar-refractivity contribution is 0.0966. The van der Waals surface area contributed by atoms with Gasteiger partial charge in [-0.15, -0.1) is 0 Å². The van der Waals surface area contributed by atoms with Gasteiger partial charge in [-0.05, 0) is 12.5 Å². The van der Waals surface area contributed by atoms with E-state index in [9.17, 15) is 4.79 Å². The van der Waals surface area contributed by atoms with Crippen LogP contribution in [0.2, 0.25) is 0 Å². The smallest absolute Gasteiger partial charge is 0.170 e. The zero-order chi connectivity index (χ0) is 12.3. The van der Waals surface area contributed by atoms with Crippen molar-refractivity contribution in [2.45, 2.75) is 19.8 Å². The molecule has 0 saturated heterocycles. The van der Waals surface area contributed by atoms with Crippen molar-refractivity contribution in [3.05, 3.63) is 71.3 Å². The average molecular weight is 224 g/mol. The van der Waals surface area contributed by atoms with Gasteiger partial charge in [-0.2, -0.15) is 0 Å². The van der Waals surface area contributed by atoms with E-state index in [1.54, 1.807) is 0 Å². The molecule has 2 rings (SSSR count). The number of rotatable bonds is 3. The van der Waals surface area contributed by atoms with E-state index in [0.717, 1.165) is 11.1 Å². The van der Waals surface area contributed by atoms with Crippen LogP contribution in [0.5, 0.6) is 0 Å². The van der Waals surface area contributed by atoms with Crippen molar-refractivity contribution < 1.29 is 4.79 Å². The SMILES string of the molecule is Cc1cccc([C@@H](C)C(=O)c2ccccc2)c1. The first-order valence-electron chi connectivity index (χ1n) is 5.84. The third-order valence-electron chi connectivity index (χ3n) is 2.99. The standard InChI is InChI=1S/C16H16O/c1-12-7-6-10-15(11-12)13(2)16(17)14-8-4-3-5-9-14/h3-11,13H,1-2H3/t13-/m1/s1. The molecule has 0 N–H and O–H groups in total. The molecule has 0 aromatic heterocycles. The normalized spacial score (nSPS) is 12.1. The summed E-state index contributed by atoms with van der Waals surface area (Å²) >= 11 is 0.